The van der Waals surface area contributed by atoms with Gasteiger partial charge in [-0.2, -0.15) is 10.5 Å². The first-order valence-corrected chi connectivity index (χ1v) is 7.16. The van der Waals surface area contributed by atoms with Crippen molar-refractivity contribution in [1.29, 1.82) is 10.5 Å². The fraction of sp³-hybridized carbons (Fsp3) is 0. The first-order valence-electron chi connectivity index (χ1n) is 7.16. The summed E-state index contributed by atoms with van der Waals surface area (Å²) in [4.78, 5) is 10.6. The summed E-state index contributed by atoms with van der Waals surface area (Å²) >= 11 is 0. The number of nitrogens with zero attached hydrogens (tertiary/aromatic N) is 4. The third-order valence-corrected chi connectivity index (χ3v) is 3.50. The zero-order valence-corrected chi connectivity index (χ0v) is 12.8. The van der Waals surface area contributed by atoms with Crippen molar-refractivity contribution in [2.45, 2.75) is 0 Å². The van der Waals surface area contributed by atoms with E-state index in [9.17, 15) is 10.1 Å². The zero-order valence-electron chi connectivity index (χ0n) is 12.8. The predicted octanol–water partition coefficient (Wildman–Crippen LogP) is 3.92. The van der Waals surface area contributed by atoms with Gasteiger partial charge in [0.25, 0.3) is 0 Å². The molecule has 2 aromatic carbocycles. The first kappa shape index (κ1) is 15.8. The van der Waals surface area contributed by atoms with Crippen molar-refractivity contribution >= 4 is 5.69 Å². The molecule has 3 aromatic rings. The van der Waals surface area contributed by atoms with E-state index in [0.717, 1.165) is 11.8 Å². The topological polar surface area (TPSA) is 105 Å². The van der Waals surface area contributed by atoms with Gasteiger partial charge >= 0.3 is 5.69 Å². The van der Waals surface area contributed by atoms with Gasteiger partial charge in [0.05, 0.1) is 16.1 Å². The van der Waals surface area contributed by atoms with Crippen LogP contribution in [0, 0.1) is 32.8 Å². The molecule has 0 aliphatic heterocycles. The van der Waals surface area contributed by atoms with E-state index in [1.807, 2.05) is 35.2 Å². The van der Waals surface area contributed by atoms with Crippen LogP contribution >= 0.6 is 0 Å². The molecule has 0 amide bonds. The average Bonchev–Trinajstić information content (AvgIpc) is 3.16. The van der Waals surface area contributed by atoms with Crippen LogP contribution in [0.4, 0.5) is 5.69 Å². The summed E-state index contributed by atoms with van der Waals surface area (Å²) < 4.78 is 7.48. The van der Waals surface area contributed by atoms with Gasteiger partial charge in [0.15, 0.2) is 0 Å². The smallest absolute Gasteiger partial charge is 0.312 e. The van der Waals surface area contributed by atoms with E-state index >= 15 is 0 Å². The molecule has 25 heavy (non-hydrogen) atoms. The van der Waals surface area contributed by atoms with E-state index in [1.54, 1.807) is 30.3 Å². The van der Waals surface area contributed by atoms with E-state index < -0.39 is 4.92 Å². The van der Waals surface area contributed by atoms with Crippen molar-refractivity contribution in [3.8, 4) is 29.3 Å². The lowest BCUT2D eigenvalue weighted by atomic mass is 10.1. The molecule has 0 radical (unpaired) electrons. The Labute approximate surface area is 142 Å². The van der Waals surface area contributed by atoms with Crippen LogP contribution in [0.3, 0.4) is 0 Å². The highest BCUT2D eigenvalue weighted by molar-refractivity contribution is 5.60. The maximum absolute atomic E-state index is 11.2. The molecule has 0 aliphatic rings. The number of ether oxygens (including phenoxy) is 1. The number of hydrogen-bond donors (Lipinski definition) is 0. The lowest BCUT2D eigenvalue weighted by Crippen LogP contribution is -1.97. The Kier molecular flexibility index (Phi) is 4.15. The predicted molar refractivity (Wildman–Crippen MR) is 88.4 cm³/mol. The molecule has 0 N–H and O–H groups in total. The average molecular weight is 330 g/mol. The van der Waals surface area contributed by atoms with Crippen molar-refractivity contribution < 1.29 is 9.66 Å². The quantitative estimate of drug-likeness (QED) is 0.532. The monoisotopic (exact) mass is 330 g/mol. The van der Waals surface area contributed by atoms with Gasteiger partial charge in [0, 0.05) is 30.2 Å². The second-order valence-corrected chi connectivity index (χ2v) is 5.03. The molecule has 0 unspecified atom stereocenters. The Morgan fingerprint density at radius 3 is 2.16 bits per heavy atom. The van der Waals surface area contributed by atoms with Crippen LogP contribution in [0.25, 0.3) is 5.69 Å². The highest BCUT2D eigenvalue weighted by atomic mass is 16.6. The molecule has 0 spiro atoms. The van der Waals surface area contributed by atoms with Gasteiger partial charge in [-0.15, -0.1) is 0 Å². The lowest BCUT2D eigenvalue weighted by Gasteiger charge is -2.09. The van der Waals surface area contributed by atoms with Gasteiger partial charge < -0.3 is 9.30 Å². The second-order valence-electron chi connectivity index (χ2n) is 5.03. The summed E-state index contributed by atoms with van der Waals surface area (Å²) in [5.74, 6) is 0.293. The number of nitriles is 2. The van der Waals surface area contributed by atoms with E-state index in [-0.39, 0.29) is 22.6 Å². The molecular formula is C18H10N4O3. The molecule has 0 saturated carbocycles. The van der Waals surface area contributed by atoms with Crippen LogP contribution in [0.15, 0.2) is 60.9 Å². The van der Waals surface area contributed by atoms with Crippen LogP contribution in [0.1, 0.15) is 11.1 Å². The third-order valence-electron chi connectivity index (χ3n) is 3.50. The van der Waals surface area contributed by atoms with Gasteiger partial charge in [0.1, 0.15) is 17.9 Å². The summed E-state index contributed by atoms with van der Waals surface area (Å²) in [5.41, 5.74) is 0.492. The van der Waals surface area contributed by atoms with Crippen LogP contribution in [-0.4, -0.2) is 9.49 Å². The Balaban J connectivity index is 1.96. The standard InChI is InChI=1S/C18H10N4O3/c19-11-13-9-17(22(23)24)18(10-14(13)12-20)25-16-5-3-15(4-6-16)21-7-1-2-8-21/h1-10H. The van der Waals surface area contributed by atoms with Gasteiger partial charge in [0.2, 0.25) is 5.75 Å². The van der Waals surface area contributed by atoms with Gasteiger partial charge in [-0.05, 0) is 36.4 Å². The molecule has 7 heteroatoms. The fourth-order valence-corrected chi connectivity index (χ4v) is 2.30. The normalized spacial score (nSPS) is 9.84. The minimum Gasteiger partial charge on any atom is -0.450 e. The number of rotatable bonds is 4. The minimum atomic E-state index is -0.647. The second kappa shape index (κ2) is 6.57. The van der Waals surface area contributed by atoms with Gasteiger partial charge in [-0.1, -0.05) is 0 Å². The molecular weight excluding hydrogens is 320 g/mol. The van der Waals surface area contributed by atoms with E-state index in [0.29, 0.717) is 5.75 Å². The maximum atomic E-state index is 11.2. The Bertz CT molecular complexity index is 1010. The van der Waals surface area contributed by atoms with Crippen molar-refractivity contribution in [2.24, 2.45) is 0 Å². The third kappa shape index (κ3) is 3.16. The molecule has 0 atom stereocenters. The summed E-state index contributed by atoms with van der Waals surface area (Å²) in [5, 5.41) is 29.3. The van der Waals surface area contributed by atoms with Crippen molar-refractivity contribution in [3.63, 3.8) is 0 Å². The van der Waals surface area contributed by atoms with E-state index in [2.05, 4.69) is 0 Å². The molecule has 3 rings (SSSR count). The molecule has 7 nitrogen and oxygen atoms in total. The molecule has 0 fully saturated rings. The maximum Gasteiger partial charge on any atom is 0.312 e. The summed E-state index contributed by atoms with van der Waals surface area (Å²) in [6, 6.07) is 16.6. The molecule has 1 heterocycles. The number of benzene rings is 2. The number of hydrogen-bond acceptors (Lipinski definition) is 5. The van der Waals surface area contributed by atoms with E-state index in [4.69, 9.17) is 15.3 Å². The zero-order chi connectivity index (χ0) is 17.8. The van der Waals surface area contributed by atoms with Crippen LogP contribution in [0.2, 0.25) is 0 Å². The summed E-state index contributed by atoms with van der Waals surface area (Å²) in [6.45, 7) is 0. The minimum absolute atomic E-state index is 0.0204. The molecule has 120 valence electrons. The summed E-state index contributed by atoms with van der Waals surface area (Å²) in [7, 11) is 0. The number of aromatic nitrogens is 1. The SMILES string of the molecule is N#Cc1cc(Oc2ccc(-n3cccc3)cc2)c([N+](=O)[O-])cc1C#N. The van der Waals surface area contributed by atoms with E-state index in [1.165, 1.54) is 6.07 Å². The highest BCUT2D eigenvalue weighted by Crippen LogP contribution is 2.34. The fourth-order valence-electron chi connectivity index (χ4n) is 2.30. The number of nitro groups is 1. The Morgan fingerprint density at radius 2 is 1.60 bits per heavy atom. The van der Waals surface area contributed by atoms with Gasteiger partial charge in [-0.25, -0.2) is 0 Å². The van der Waals surface area contributed by atoms with Crippen LogP contribution < -0.4 is 4.74 Å². The van der Waals surface area contributed by atoms with Crippen LogP contribution in [-0.2, 0) is 0 Å². The highest BCUT2D eigenvalue weighted by Gasteiger charge is 2.20. The summed E-state index contributed by atoms with van der Waals surface area (Å²) in [6.07, 6.45) is 3.78. The largest absolute Gasteiger partial charge is 0.450 e. The van der Waals surface area contributed by atoms with Crippen molar-refractivity contribution in [3.05, 3.63) is 82.2 Å². The number of nitro benzene ring substituents is 1. The van der Waals surface area contributed by atoms with Crippen molar-refractivity contribution in [1.82, 2.24) is 4.57 Å². The molecule has 0 saturated heterocycles. The van der Waals surface area contributed by atoms with Gasteiger partial charge in [-0.3, -0.25) is 10.1 Å². The Hall–Kier alpha value is -4.10. The molecule has 0 bridgehead atoms. The molecule has 1 aromatic heterocycles. The first-order chi connectivity index (χ1) is 12.1. The van der Waals surface area contributed by atoms with Crippen LogP contribution in [0.5, 0.6) is 11.5 Å². The lowest BCUT2D eigenvalue weighted by molar-refractivity contribution is -0.385. The van der Waals surface area contributed by atoms with Crippen molar-refractivity contribution in [2.75, 3.05) is 0 Å². The Morgan fingerprint density at radius 1 is 1.00 bits per heavy atom. The molecule has 0 aliphatic carbocycles.